The van der Waals surface area contributed by atoms with E-state index in [1.807, 2.05) is 37.3 Å². The Morgan fingerprint density at radius 3 is 3.06 bits per heavy atom. The molecule has 17 heavy (non-hydrogen) atoms. The van der Waals surface area contributed by atoms with E-state index in [4.69, 9.17) is 0 Å². The summed E-state index contributed by atoms with van der Waals surface area (Å²) in [7, 11) is 0. The fourth-order valence-corrected chi connectivity index (χ4v) is 1.57. The highest BCUT2D eigenvalue weighted by Crippen LogP contribution is 2.16. The summed E-state index contributed by atoms with van der Waals surface area (Å²) in [6.07, 6.45) is 2.68. The Bertz CT molecular complexity index is 525. The topological polar surface area (TPSA) is 54.0 Å². The highest BCUT2D eigenvalue weighted by molar-refractivity contribution is 5.92. The van der Waals surface area contributed by atoms with E-state index in [0.29, 0.717) is 6.54 Å². The van der Waals surface area contributed by atoms with Crippen LogP contribution in [-0.2, 0) is 0 Å². The zero-order valence-corrected chi connectivity index (χ0v) is 9.73. The van der Waals surface area contributed by atoms with E-state index in [1.54, 1.807) is 6.20 Å². The first-order valence-corrected chi connectivity index (χ1v) is 5.69. The molecule has 1 aromatic carbocycles. The Morgan fingerprint density at radius 2 is 2.24 bits per heavy atom. The minimum absolute atomic E-state index is 0.171. The molecule has 0 saturated heterocycles. The predicted molar refractivity (Wildman–Crippen MR) is 69.1 cm³/mol. The standard InChI is InChI=1S/C13H15N3O/c1-2-7-15-13(17)16-11-5-6-12-10(9-11)4-3-8-14-12/h3-6,8-9H,2,7H2,1H3,(H2,15,16,17). The summed E-state index contributed by atoms with van der Waals surface area (Å²) >= 11 is 0. The fourth-order valence-electron chi connectivity index (χ4n) is 1.57. The predicted octanol–water partition coefficient (Wildman–Crippen LogP) is 2.77. The second kappa shape index (κ2) is 5.30. The second-order valence-electron chi connectivity index (χ2n) is 3.79. The van der Waals surface area contributed by atoms with Crippen molar-refractivity contribution in [3.8, 4) is 0 Å². The number of hydrogen-bond acceptors (Lipinski definition) is 2. The van der Waals surface area contributed by atoms with Gasteiger partial charge in [0.2, 0.25) is 0 Å². The van der Waals surface area contributed by atoms with Crippen LogP contribution in [0.5, 0.6) is 0 Å². The van der Waals surface area contributed by atoms with Crippen LogP contribution in [0.25, 0.3) is 10.9 Å². The molecule has 1 aromatic heterocycles. The molecule has 0 spiro atoms. The number of nitrogens with zero attached hydrogens (tertiary/aromatic N) is 1. The number of carbonyl (C=O) groups is 1. The molecule has 0 atom stereocenters. The van der Waals surface area contributed by atoms with E-state index in [9.17, 15) is 4.79 Å². The van der Waals surface area contributed by atoms with E-state index in [1.165, 1.54) is 0 Å². The van der Waals surface area contributed by atoms with Crippen molar-refractivity contribution in [3.63, 3.8) is 0 Å². The van der Waals surface area contributed by atoms with Crippen molar-refractivity contribution in [3.05, 3.63) is 36.5 Å². The van der Waals surface area contributed by atoms with E-state index < -0.39 is 0 Å². The number of hydrogen-bond donors (Lipinski definition) is 2. The zero-order valence-electron chi connectivity index (χ0n) is 9.73. The lowest BCUT2D eigenvalue weighted by molar-refractivity contribution is 0.252. The molecular weight excluding hydrogens is 214 g/mol. The summed E-state index contributed by atoms with van der Waals surface area (Å²) in [6.45, 7) is 2.70. The van der Waals surface area contributed by atoms with Gasteiger partial charge in [0.1, 0.15) is 0 Å². The van der Waals surface area contributed by atoms with Gasteiger partial charge in [0.15, 0.2) is 0 Å². The van der Waals surface area contributed by atoms with Gasteiger partial charge < -0.3 is 10.6 Å². The summed E-state index contributed by atoms with van der Waals surface area (Å²) in [4.78, 5) is 15.7. The minimum Gasteiger partial charge on any atom is -0.338 e. The van der Waals surface area contributed by atoms with Gasteiger partial charge in [0, 0.05) is 23.8 Å². The van der Waals surface area contributed by atoms with Crippen LogP contribution in [0, 0.1) is 0 Å². The third-order valence-electron chi connectivity index (χ3n) is 2.40. The van der Waals surface area contributed by atoms with Crippen molar-refractivity contribution in [2.45, 2.75) is 13.3 Å². The molecule has 0 fully saturated rings. The molecule has 4 heteroatoms. The Morgan fingerprint density at radius 1 is 1.35 bits per heavy atom. The maximum absolute atomic E-state index is 11.5. The van der Waals surface area contributed by atoms with Gasteiger partial charge in [-0.3, -0.25) is 4.98 Å². The Hall–Kier alpha value is -2.10. The number of amides is 2. The third-order valence-corrected chi connectivity index (χ3v) is 2.40. The maximum Gasteiger partial charge on any atom is 0.319 e. The molecule has 2 amide bonds. The molecule has 4 nitrogen and oxygen atoms in total. The van der Waals surface area contributed by atoms with Gasteiger partial charge in [-0.2, -0.15) is 0 Å². The fraction of sp³-hybridized carbons (Fsp3) is 0.231. The molecule has 0 bridgehead atoms. The first kappa shape index (κ1) is 11.4. The average Bonchev–Trinajstić information content (AvgIpc) is 2.36. The zero-order chi connectivity index (χ0) is 12.1. The van der Waals surface area contributed by atoms with Gasteiger partial charge in [0.05, 0.1) is 5.52 Å². The Balaban J connectivity index is 2.11. The molecule has 0 saturated carbocycles. The van der Waals surface area contributed by atoms with Gasteiger partial charge >= 0.3 is 6.03 Å². The molecule has 88 valence electrons. The molecule has 0 radical (unpaired) electrons. The molecular formula is C13H15N3O. The van der Waals surface area contributed by atoms with Gasteiger partial charge in [-0.1, -0.05) is 13.0 Å². The van der Waals surface area contributed by atoms with Crippen LogP contribution in [-0.4, -0.2) is 17.6 Å². The van der Waals surface area contributed by atoms with Crippen molar-refractivity contribution in [2.24, 2.45) is 0 Å². The van der Waals surface area contributed by atoms with Gasteiger partial charge in [-0.05, 0) is 30.7 Å². The van der Waals surface area contributed by atoms with Crippen molar-refractivity contribution < 1.29 is 4.79 Å². The van der Waals surface area contributed by atoms with Gasteiger partial charge in [0.25, 0.3) is 0 Å². The summed E-state index contributed by atoms with van der Waals surface area (Å²) < 4.78 is 0. The van der Waals surface area contributed by atoms with Crippen LogP contribution < -0.4 is 10.6 Å². The van der Waals surface area contributed by atoms with Crippen molar-refractivity contribution in [2.75, 3.05) is 11.9 Å². The molecule has 2 aromatic rings. The summed E-state index contributed by atoms with van der Waals surface area (Å²) in [5.74, 6) is 0. The lowest BCUT2D eigenvalue weighted by atomic mass is 10.2. The van der Waals surface area contributed by atoms with Crippen LogP contribution >= 0.6 is 0 Å². The third kappa shape index (κ3) is 2.93. The highest BCUT2D eigenvalue weighted by Gasteiger charge is 2.01. The molecule has 0 aliphatic rings. The number of nitrogens with one attached hydrogen (secondary N) is 2. The van der Waals surface area contributed by atoms with Crippen LogP contribution in [0.2, 0.25) is 0 Å². The number of anilines is 1. The van der Waals surface area contributed by atoms with E-state index in [-0.39, 0.29) is 6.03 Å². The largest absolute Gasteiger partial charge is 0.338 e. The lowest BCUT2D eigenvalue weighted by Gasteiger charge is -2.07. The Labute approximate surface area is 100 Å². The van der Waals surface area contributed by atoms with Gasteiger partial charge in [-0.15, -0.1) is 0 Å². The van der Waals surface area contributed by atoms with E-state index in [0.717, 1.165) is 23.0 Å². The molecule has 0 aliphatic heterocycles. The smallest absolute Gasteiger partial charge is 0.319 e. The number of aromatic nitrogens is 1. The average molecular weight is 229 g/mol. The summed E-state index contributed by atoms with van der Waals surface area (Å²) in [5, 5.41) is 6.57. The van der Waals surface area contributed by atoms with Crippen molar-refractivity contribution in [1.29, 1.82) is 0 Å². The minimum atomic E-state index is -0.171. The Kier molecular flexibility index (Phi) is 3.55. The maximum atomic E-state index is 11.5. The number of fused-ring (bicyclic) bond motifs is 1. The SMILES string of the molecule is CCCNC(=O)Nc1ccc2ncccc2c1. The first-order valence-electron chi connectivity index (χ1n) is 5.69. The quantitative estimate of drug-likeness (QED) is 0.850. The van der Waals surface area contributed by atoms with E-state index >= 15 is 0 Å². The van der Waals surface area contributed by atoms with Crippen LogP contribution in [0.1, 0.15) is 13.3 Å². The monoisotopic (exact) mass is 229 g/mol. The number of pyridine rings is 1. The van der Waals surface area contributed by atoms with Crippen molar-refractivity contribution in [1.82, 2.24) is 10.3 Å². The van der Waals surface area contributed by atoms with Crippen LogP contribution in [0.15, 0.2) is 36.5 Å². The van der Waals surface area contributed by atoms with Crippen molar-refractivity contribution >= 4 is 22.6 Å². The second-order valence-corrected chi connectivity index (χ2v) is 3.79. The van der Waals surface area contributed by atoms with Crippen LogP contribution in [0.3, 0.4) is 0 Å². The molecule has 2 N–H and O–H groups in total. The lowest BCUT2D eigenvalue weighted by Crippen LogP contribution is -2.29. The highest BCUT2D eigenvalue weighted by atomic mass is 16.2. The molecule has 0 unspecified atom stereocenters. The number of rotatable bonds is 3. The van der Waals surface area contributed by atoms with Gasteiger partial charge in [-0.25, -0.2) is 4.79 Å². The summed E-state index contributed by atoms with van der Waals surface area (Å²) in [5.41, 5.74) is 1.70. The number of benzene rings is 1. The summed E-state index contributed by atoms with van der Waals surface area (Å²) in [6, 6.07) is 9.33. The molecule has 1 heterocycles. The molecule has 2 rings (SSSR count). The van der Waals surface area contributed by atoms with Crippen LogP contribution in [0.4, 0.5) is 10.5 Å². The number of urea groups is 1. The first-order chi connectivity index (χ1) is 8.29. The normalized spacial score (nSPS) is 10.2. The number of carbonyl (C=O) groups excluding carboxylic acids is 1. The molecule has 0 aliphatic carbocycles. The van der Waals surface area contributed by atoms with E-state index in [2.05, 4.69) is 15.6 Å².